The molecule has 7 heteroatoms. The zero-order valence-corrected chi connectivity index (χ0v) is 19.2. The quantitative estimate of drug-likeness (QED) is 0.522. The van der Waals surface area contributed by atoms with E-state index in [0.29, 0.717) is 29.3 Å². The van der Waals surface area contributed by atoms with Crippen LogP contribution in [0, 0.1) is 13.8 Å². The van der Waals surface area contributed by atoms with E-state index in [1.165, 1.54) is 4.90 Å². The molecule has 0 unspecified atom stereocenters. The zero-order chi connectivity index (χ0) is 24.1. The van der Waals surface area contributed by atoms with Crippen molar-refractivity contribution in [1.82, 2.24) is 5.32 Å². The summed E-state index contributed by atoms with van der Waals surface area (Å²) in [6.07, 6.45) is 0. The Kier molecular flexibility index (Phi) is 6.92. The van der Waals surface area contributed by atoms with Crippen LogP contribution in [0.3, 0.4) is 0 Å². The molecule has 0 fully saturated rings. The lowest BCUT2D eigenvalue weighted by atomic mass is 10.1. The predicted octanol–water partition coefficient (Wildman–Crippen LogP) is 3.61. The molecule has 174 valence electrons. The van der Waals surface area contributed by atoms with Crippen molar-refractivity contribution in [2.24, 2.45) is 0 Å². The number of aryl methyl sites for hydroxylation is 2. The summed E-state index contributed by atoms with van der Waals surface area (Å²) in [5.41, 5.74) is 3.82. The summed E-state index contributed by atoms with van der Waals surface area (Å²) in [5, 5.41) is 2.82. The summed E-state index contributed by atoms with van der Waals surface area (Å²) >= 11 is 0. The second-order valence-corrected chi connectivity index (χ2v) is 8.25. The van der Waals surface area contributed by atoms with Gasteiger partial charge in [0.25, 0.3) is 5.91 Å². The van der Waals surface area contributed by atoms with Crippen LogP contribution in [0.4, 0.5) is 5.69 Å². The van der Waals surface area contributed by atoms with Crippen LogP contribution in [-0.2, 0) is 16.1 Å². The maximum absolute atomic E-state index is 12.8. The first kappa shape index (κ1) is 23.0. The lowest BCUT2D eigenvalue weighted by Gasteiger charge is -2.29. The predicted molar refractivity (Wildman–Crippen MR) is 128 cm³/mol. The van der Waals surface area contributed by atoms with E-state index in [9.17, 15) is 14.4 Å². The largest absolute Gasteiger partial charge is 0.485 e. The molecule has 7 nitrogen and oxygen atoms in total. The van der Waals surface area contributed by atoms with Crippen LogP contribution >= 0.6 is 0 Å². The van der Waals surface area contributed by atoms with E-state index in [2.05, 4.69) is 5.32 Å². The maximum atomic E-state index is 12.8. The van der Waals surface area contributed by atoms with Crippen LogP contribution < -0.4 is 19.7 Å². The minimum Gasteiger partial charge on any atom is -0.485 e. The monoisotopic (exact) mass is 458 g/mol. The molecular formula is C27H26N2O5. The number of benzene rings is 3. The Balaban J connectivity index is 1.44. The van der Waals surface area contributed by atoms with Crippen LogP contribution in [0.15, 0.2) is 66.7 Å². The molecule has 0 radical (unpaired) electrons. The van der Waals surface area contributed by atoms with Crippen LogP contribution in [0.2, 0.25) is 0 Å². The smallest absolute Gasteiger partial charge is 0.265 e. The number of nitrogens with one attached hydrogen (secondary N) is 1. The fourth-order valence-corrected chi connectivity index (χ4v) is 3.79. The highest BCUT2D eigenvalue weighted by Gasteiger charge is 2.28. The number of rotatable bonds is 8. The van der Waals surface area contributed by atoms with Crippen molar-refractivity contribution in [2.75, 3.05) is 24.7 Å². The molecule has 0 atom stereocenters. The molecule has 1 aliphatic heterocycles. The number of amides is 2. The highest BCUT2D eigenvalue weighted by molar-refractivity contribution is 6.04. The third kappa shape index (κ3) is 5.61. The number of fused-ring (bicyclic) bond motifs is 1. The Labute approximate surface area is 198 Å². The molecule has 2 amide bonds. The van der Waals surface area contributed by atoms with Gasteiger partial charge >= 0.3 is 0 Å². The van der Waals surface area contributed by atoms with Crippen molar-refractivity contribution in [3.63, 3.8) is 0 Å². The van der Waals surface area contributed by atoms with Gasteiger partial charge in [0.1, 0.15) is 18.0 Å². The van der Waals surface area contributed by atoms with Crippen LogP contribution in [0.5, 0.6) is 11.5 Å². The van der Waals surface area contributed by atoms with Crippen molar-refractivity contribution in [3.8, 4) is 11.5 Å². The molecule has 0 saturated heterocycles. The van der Waals surface area contributed by atoms with Gasteiger partial charge in [-0.25, -0.2) is 0 Å². The van der Waals surface area contributed by atoms with Gasteiger partial charge in [0, 0.05) is 12.1 Å². The number of ketones is 1. The fourth-order valence-electron chi connectivity index (χ4n) is 3.79. The third-order valence-electron chi connectivity index (χ3n) is 5.42. The van der Waals surface area contributed by atoms with E-state index in [1.807, 2.05) is 62.4 Å². The van der Waals surface area contributed by atoms with Crippen molar-refractivity contribution in [1.29, 1.82) is 0 Å². The second kappa shape index (κ2) is 10.2. The minimum atomic E-state index is -0.349. The normalized spacial score (nSPS) is 12.5. The topological polar surface area (TPSA) is 84.9 Å². The average molecular weight is 459 g/mol. The molecule has 34 heavy (non-hydrogen) atoms. The Morgan fingerprint density at radius 3 is 2.47 bits per heavy atom. The molecule has 1 N–H and O–H groups in total. The van der Waals surface area contributed by atoms with Crippen molar-refractivity contribution in [2.45, 2.75) is 20.4 Å². The number of carbonyl (C=O) groups is 3. The molecule has 0 saturated carbocycles. The van der Waals surface area contributed by atoms with Gasteiger partial charge in [0.2, 0.25) is 5.91 Å². The zero-order valence-electron chi connectivity index (χ0n) is 19.2. The first-order valence-corrected chi connectivity index (χ1v) is 11.0. The number of hydrogen-bond acceptors (Lipinski definition) is 5. The highest BCUT2D eigenvalue weighted by atomic mass is 16.5. The number of hydrogen-bond donors (Lipinski definition) is 1. The summed E-state index contributed by atoms with van der Waals surface area (Å²) in [5.74, 6) is 0.174. The lowest BCUT2D eigenvalue weighted by Crippen LogP contribution is -2.45. The average Bonchev–Trinajstić information content (AvgIpc) is 2.83. The van der Waals surface area contributed by atoms with Gasteiger partial charge in [-0.15, -0.1) is 0 Å². The van der Waals surface area contributed by atoms with E-state index in [-0.39, 0.29) is 37.4 Å². The summed E-state index contributed by atoms with van der Waals surface area (Å²) in [4.78, 5) is 39.2. The fraction of sp³-hybridized carbons (Fsp3) is 0.222. The molecule has 1 aliphatic rings. The Bertz CT molecular complexity index is 1200. The molecule has 3 aromatic carbocycles. The van der Waals surface area contributed by atoms with Gasteiger partial charge in [-0.1, -0.05) is 36.4 Å². The Hall–Kier alpha value is -4.13. The van der Waals surface area contributed by atoms with Crippen LogP contribution in [0.25, 0.3) is 0 Å². The summed E-state index contributed by atoms with van der Waals surface area (Å²) in [6.45, 7) is 3.81. The van der Waals surface area contributed by atoms with Crippen molar-refractivity contribution in [3.05, 3.63) is 89.0 Å². The van der Waals surface area contributed by atoms with Gasteiger partial charge in [0.15, 0.2) is 19.0 Å². The molecule has 4 rings (SSSR count). The third-order valence-corrected chi connectivity index (χ3v) is 5.42. The van der Waals surface area contributed by atoms with Crippen LogP contribution in [-0.4, -0.2) is 37.4 Å². The molecule has 0 aromatic heterocycles. The first-order valence-electron chi connectivity index (χ1n) is 11.0. The maximum Gasteiger partial charge on any atom is 0.265 e. The van der Waals surface area contributed by atoms with Gasteiger partial charge < -0.3 is 14.8 Å². The highest BCUT2D eigenvalue weighted by Crippen LogP contribution is 2.33. The standard InChI is InChI=1S/C27H26N2O5/c1-18-10-19(2)12-22(11-18)33-16-24(30)21-8-9-25-23(13-21)29(27(32)17-34-25)15-26(31)28-14-20-6-4-3-5-7-20/h3-13H,14-17H2,1-2H3,(H,28,31). The van der Waals surface area contributed by atoms with E-state index >= 15 is 0 Å². The second-order valence-electron chi connectivity index (χ2n) is 8.25. The summed E-state index contributed by atoms with van der Waals surface area (Å²) in [7, 11) is 0. The number of nitrogens with zero attached hydrogens (tertiary/aromatic N) is 1. The van der Waals surface area contributed by atoms with E-state index in [0.717, 1.165) is 16.7 Å². The van der Waals surface area contributed by atoms with Crippen LogP contribution in [0.1, 0.15) is 27.0 Å². The van der Waals surface area contributed by atoms with Gasteiger partial charge in [-0.2, -0.15) is 0 Å². The Morgan fingerprint density at radius 1 is 1.00 bits per heavy atom. The van der Waals surface area contributed by atoms with Crippen molar-refractivity contribution >= 4 is 23.3 Å². The number of carbonyl (C=O) groups excluding carboxylic acids is 3. The van der Waals surface area contributed by atoms with Crippen molar-refractivity contribution < 1.29 is 23.9 Å². The SMILES string of the molecule is Cc1cc(C)cc(OCC(=O)c2ccc3c(c2)N(CC(=O)NCc2ccccc2)C(=O)CO3)c1. The molecule has 0 aliphatic carbocycles. The molecule has 3 aromatic rings. The molecule has 1 heterocycles. The summed E-state index contributed by atoms with van der Waals surface area (Å²) < 4.78 is 11.2. The van der Waals surface area contributed by atoms with Gasteiger partial charge in [-0.05, 0) is 60.9 Å². The first-order chi connectivity index (χ1) is 16.4. The minimum absolute atomic E-state index is 0.145. The molecular weight excluding hydrogens is 432 g/mol. The van der Waals surface area contributed by atoms with E-state index in [1.54, 1.807) is 18.2 Å². The molecule has 0 bridgehead atoms. The van der Waals surface area contributed by atoms with Gasteiger partial charge in [-0.3, -0.25) is 19.3 Å². The number of ether oxygens (including phenoxy) is 2. The van der Waals surface area contributed by atoms with E-state index in [4.69, 9.17) is 9.47 Å². The molecule has 0 spiro atoms. The lowest BCUT2D eigenvalue weighted by molar-refractivity contribution is -0.125. The summed E-state index contributed by atoms with van der Waals surface area (Å²) in [6, 6.07) is 20.1. The number of Topliss-reactive ketones (excluding diaryl/α,β-unsaturated/α-hetero) is 1. The van der Waals surface area contributed by atoms with E-state index < -0.39 is 0 Å². The van der Waals surface area contributed by atoms with Gasteiger partial charge in [0.05, 0.1) is 5.69 Å². The number of anilines is 1. The Morgan fingerprint density at radius 2 is 1.74 bits per heavy atom.